The number of carbonyl (C=O) groups excluding carboxylic acids is 1. The molecular formula is C15H15N5O. The quantitative estimate of drug-likeness (QED) is 0.723. The maximum absolute atomic E-state index is 12.0. The monoisotopic (exact) mass is 281 g/mol. The van der Waals surface area contributed by atoms with Gasteiger partial charge in [-0.2, -0.15) is 0 Å². The summed E-state index contributed by atoms with van der Waals surface area (Å²) in [4.78, 5) is 24.3. The third-order valence-corrected chi connectivity index (χ3v) is 3.33. The molecule has 0 unspecified atom stereocenters. The summed E-state index contributed by atoms with van der Waals surface area (Å²) >= 11 is 0. The highest BCUT2D eigenvalue weighted by Gasteiger charge is 2.09. The van der Waals surface area contributed by atoms with Gasteiger partial charge in [-0.1, -0.05) is 30.3 Å². The minimum Gasteiger partial charge on any atom is -0.382 e. The van der Waals surface area contributed by atoms with E-state index >= 15 is 0 Å². The van der Waals surface area contributed by atoms with Crippen molar-refractivity contribution < 1.29 is 4.79 Å². The fourth-order valence-electron chi connectivity index (χ4n) is 2.24. The summed E-state index contributed by atoms with van der Waals surface area (Å²) in [6.45, 7) is 0.672. The van der Waals surface area contributed by atoms with Crippen molar-refractivity contribution in [2.45, 2.75) is 19.4 Å². The lowest BCUT2D eigenvalue weighted by Gasteiger charge is -2.04. The number of nitrogens with two attached hydrogens (primary N) is 1. The second-order valence-corrected chi connectivity index (χ2v) is 4.76. The Morgan fingerprint density at radius 3 is 2.76 bits per heavy atom. The van der Waals surface area contributed by atoms with Gasteiger partial charge >= 0.3 is 0 Å². The van der Waals surface area contributed by atoms with Crippen molar-refractivity contribution in [1.29, 1.82) is 0 Å². The van der Waals surface area contributed by atoms with Crippen LogP contribution in [0.15, 0.2) is 43.0 Å². The molecule has 2 heterocycles. The van der Waals surface area contributed by atoms with Crippen molar-refractivity contribution >= 4 is 22.8 Å². The average Bonchev–Trinajstić information content (AvgIpc) is 2.93. The Morgan fingerprint density at radius 2 is 1.95 bits per heavy atom. The summed E-state index contributed by atoms with van der Waals surface area (Å²) in [7, 11) is 0. The van der Waals surface area contributed by atoms with Crippen molar-refractivity contribution in [2.75, 3.05) is 5.73 Å². The van der Waals surface area contributed by atoms with E-state index in [0.717, 1.165) is 12.0 Å². The highest BCUT2D eigenvalue weighted by Crippen LogP contribution is 2.15. The first-order valence-corrected chi connectivity index (χ1v) is 6.75. The lowest BCUT2D eigenvalue weighted by molar-refractivity contribution is 0.0978. The summed E-state index contributed by atoms with van der Waals surface area (Å²) in [6, 6.07) is 9.32. The predicted octanol–water partition coefficient (Wildman–Crippen LogP) is 2.07. The van der Waals surface area contributed by atoms with E-state index in [1.54, 1.807) is 6.33 Å². The molecule has 0 saturated heterocycles. The van der Waals surface area contributed by atoms with Crippen molar-refractivity contribution in [3.8, 4) is 0 Å². The van der Waals surface area contributed by atoms with Gasteiger partial charge in [0.05, 0.1) is 6.33 Å². The number of aryl methyl sites for hydroxylation is 1. The van der Waals surface area contributed by atoms with Crippen molar-refractivity contribution in [2.24, 2.45) is 0 Å². The summed E-state index contributed by atoms with van der Waals surface area (Å²) in [5.74, 6) is 0.522. The molecular weight excluding hydrogens is 266 g/mol. The van der Waals surface area contributed by atoms with Gasteiger partial charge in [-0.3, -0.25) is 4.79 Å². The van der Waals surface area contributed by atoms with E-state index in [1.165, 1.54) is 6.33 Å². The van der Waals surface area contributed by atoms with Gasteiger partial charge < -0.3 is 10.3 Å². The number of anilines is 1. The molecule has 6 nitrogen and oxygen atoms in total. The maximum Gasteiger partial charge on any atom is 0.165 e. The Morgan fingerprint density at radius 1 is 1.14 bits per heavy atom. The number of ketones is 1. The fourth-order valence-corrected chi connectivity index (χ4v) is 2.24. The minimum absolute atomic E-state index is 0.147. The molecule has 0 fully saturated rings. The fraction of sp³-hybridized carbons (Fsp3) is 0.200. The molecule has 6 heteroatoms. The lowest BCUT2D eigenvalue weighted by atomic mass is 10.1. The molecule has 0 aliphatic rings. The molecule has 0 bridgehead atoms. The third-order valence-electron chi connectivity index (χ3n) is 3.33. The number of nitrogen functional groups attached to an aromatic ring is 1. The molecule has 2 aromatic heterocycles. The van der Waals surface area contributed by atoms with Crippen molar-refractivity contribution in [3.05, 3.63) is 48.5 Å². The summed E-state index contributed by atoms with van der Waals surface area (Å²) in [6.07, 6.45) is 4.32. The van der Waals surface area contributed by atoms with Gasteiger partial charge in [-0.15, -0.1) is 0 Å². The second-order valence-electron chi connectivity index (χ2n) is 4.76. The van der Waals surface area contributed by atoms with Crippen LogP contribution in [0, 0.1) is 0 Å². The van der Waals surface area contributed by atoms with Gasteiger partial charge in [0.25, 0.3) is 0 Å². The zero-order valence-corrected chi connectivity index (χ0v) is 11.4. The zero-order chi connectivity index (χ0) is 14.7. The van der Waals surface area contributed by atoms with Crippen molar-refractivity contribution in [1.82, 2.24) is 19.5 Å². The van der Waals surface area contributed by atoms with Crippen LogP contribution in [0.25, 0.3) is 11.2 Å². The van der Waals surface area contributed by atoms with Crippen LogP contribution in [0.4, 0.5) is 5.82 Å². The van der Waals surface area contributed by atoms with Crippen LogP contribution in [0.1, 0.15) is 23.2 Å². The molecule has 0 spiro atoms. The van der Waals surface area contributed by atoms with Crippen LogP contribution in [0.5, 0.6) is 0 Å². The number of fused-ring (bicyclic) bond motifs is 1. The molecule has 0 amide bonds. The van der Waals surface area contributed by atoms with E-state index in [-0.39, 0.29) is 5.78 Å². The first kappa shape index (κ1) is 13.2. The molecule has 0 aliphatic carbocycles. The van der Waals surface area contributed by atoms with Crippen LogP contribution in [-0.2, 0) is 6.54 Å². The normalized spacial score (nSPS) is 10.9. The smallest absolute Gasteiger partial charge is 0.165 e. The molecule has 2 N–H and O–H groups in total. The highest BCUT2D eigenvalue weighted by atomic mass is 16.1. The standard InChI is InChI=1S/C15H15N5O/c16-14-13-15(18-9-17-14)20(10-19-13)8-4-7-12(21)11-5-2-1-3-6-11/h1-3,5-6,9-10H,4,7-8H2,(H2,16,17,18). The number of hydrogen-bond donors (Lipinski definition) is 1. The summed E-state index contributed by atoms with van der Waals surface area (Å²) in [5.41, 5.74) is 7.80. The van der Waals surface area contributed by atoms with E-state index in [4.69, 9.17) is 5.73 Å². The van der Waals surface area contributed by atoms with E-state index in [2.05, 4.69) is 15.0 Å². The Balaban J connectivity index is 1.65. The molecule has 0 aliphatic heterocycles. The van der Waals surface area contributed by atoms with E-state index in [1.807, 2.05) is 34.9 Å². The van der Waals surface area contributed by atoms with E-state index in [0.29, 0.717) is 29.9 Å². The zero-order valence-electron chi connectivity index (χ0n) is 11.4. The first-order chi connectivity index (χ1) is 10.3. The minimum atomic E-state index is 0.147. The van der Waals surface area contributed by atoms with Gasteiger partial charge in [0.1, 0.15) is 11.8 Å². The largest absolute Gasteiger partial charge is 0.382 e. The van der Waals surface area contributed by atoms with Gasteiger partial charge in [0, 0.05) is 18.5 Å². The SMILES string of the molecule is Nc1ncnc2c1ncn2CCCC(=O)c1ccccc1. The van der Waals surface area contributed by atoms with Crippen LogP contribution >= 0.6 is 0 Å². The lowest BCUT2D eigenvalue weighted by Crippen LogP contribution is -2.03. The number of nitrogens with zero attached hydrogens (tertiary/aromatic N) is 4. The van der Waals surface area contributed by atoms with Crippen molar-refractivity contribution in [3.63, 3.8) is 0 Å². The number of hydrogen-bond acceptors (Lipinski definition) is 5. The Labute approximate surface area is 121 Å². The van der Waals surface area contributed by atoms with E-state index < -0.39 is 0 Å². The number of benzene rings is 1. The van der Waals surface area contributed by atoms with E-state index in [9.17, 15) is 4.79 Å². The third kappa shape index (κ3) is 2.74. The second kappa shape index (κ2) is 5.70. The van der Waals surface area contributed by atoms with Gasteiger partial charge in [0.2, 0.25) is 0 Å². The Bertz CT molecular complexity index is 766. The molecule has 21 heavy (non-hydrogen) atoms. The molecule has 3 aromatic rings. The van der Waals surface area contributed by atoms with Gasteiger partial charge in [0.15, 0.2) is 17.2 Å². The average molecular weight is 281 g/mol. The molecule has 0 atom stereocenters. The summed E-state index contributed by atoms with van der Waals surface area (Å²) in [5, 5.41) is 0. The molecule has 0 saturated carbocycles. The van der Waals surface area contributed by atoms with Crippen LogP contribution in [0.3, 0.4) is 0 Å². The predicted molar refractivity (Wildman–Crippen MR) is 79.7 cm³/mol. The number of carbonyl (C=O) groups is 1. The molecule has 3 rings (SSSR count). The number of imidazole rings is 1. The van der Waals surface area contributed by atoms with Gasteiger partial charge in [-0.05, 0) is 6.42 Å². The Hall–Kier alpha value is -2.76. The maximum atomic E-state index is 12.0. The number of rotatable bonds is 5. The topological polar surface area (TPSA) is 86.7 Å². The first-order valence-electron chi connectivity index (χ1n) is 6.75. The number of aromatic nitrogens is 4. The van der Waals surface area contributed by atoms with Crippen LogP contribution in [0.2, 0.25) is 0 Å². The Kier molecular flexibility index (Phi) is 3.59. The van der Waals surface area contributed by atoms with Crippen LogP contribution < -0.4 is 5.73 Å². The number of Topliss-reactive ketones (excluding diaryl/α,β-unsaturated/α-hetero) is 1. The molecule has 106 valence electrons. The van der Waals surface area contributed by atoms with Gasteiger partial charge in [-0.25, -0.2) is 15.0 Å². The molecule has 1 aromatic carbocycles. The van der Waals surface area contributed by atoms with Crippen LogP contribution in [-0.4, -0.2) is 25.3 Å². The molecule has 0 radical (unpaired) electrons. The highest BCUT2D eigenvalue weighted by molar-refractivity contribution is 5.95. The summed E-state index contributed by atoms with van der Waals surface area (Å²) < 4.78 is 1.89.